The van der Waals surface area contributed by atoms with Crippen LogP contribution in [0.3, 0.4) is 0 Å². The normalized spacial score (nSPS) is 12.0. The maximum atomic E-state index is 3.80. The molecule has 0 aliphatic rings. The molecule has 0 aliphatic heterocycles. The molecule has 0 saturated carbocycles. The van der Waals surface area contributed by atoms with E-state index in [1.165, 1.54) is 17.5 Å². The molecule has 0 aromatic heterocycles. The van der Waals surface area contributed by atoms with E-state index in [4.69, 9.17) is 0 Å². The summed E-state index contributed by atoms with van der Waals surface area (Å²) in [6.45, 7) is 17.2. The SMILES string of the molecule is C=C/C=C\C(=C/C=C)c1ccc(CN(CCC)CCNCC)cc1. The molecule has 24 heavy (non-hydrogen) atoms. The fraction of sp³-hybridized carbons (Fsp3) is 0.364. The van der Waals surface area contributed by atoms with Gasteiger partial charge in [0.15, 0.2) is 0 Å². The van der Waals surface area contributed by atoms with Gasteiger partial charge in [-0.05, 0) is 36.2 Å². The smallest absolute Gasteiger partial charge is 0.0234 e. The van der Waals surface area contributed by atoms with E-state index in [9.17, 15) is 0 Å². The van der Waals surface area contributed by atoms with Crippen LogP contribution in [0.25, 0.3) is 5.57 Å². The van der Waals surface area contributed by atoms with Crippen molar-refractivity contribution in [2.75, 3.05) is 26.2 Å². The van der Waals surface area contributed by atoms with Crippen LogP contribution in [0.2, 0.25) is 0 Å². The van der Waals surface area contributed by atoms with Crippen LogP contribution in [0, 0.1) is 0 Å². The standard InChI is InChI=1S/C22H32N2/c1-5-9-11-21(10-6-2)22-14-12-20(13-15-22)19-24(17-7-3)18-16-23-8-4/h5-6,9-15,23H,1-2,7-8,16-19H2,3-4H3/b11-9-,21-10+. The summed E-state index contributed by atoms with van der Waals surface area (Å²) in [6, 6.07) is 8.83. The molecule has 2 heteroatoms. The van der Waals surface area contributed by atoms with Gasteiger partial charge in [0.05, 0.1) is 0 Å². The predicted molar refractivity (Wildman–Crippen MR) is 108 cm³/mol. The van der Waals surface area contributed by atoms with Crippen molar-refractivity contribution in [2.24, 2.45) is 0 Å². The maximum absolute atomic E-state index is 3.80. The summed E-state index contributed by atoms with van der Waals surface area (Å²) in [6.07, 6.45) is 10.8. The molecule has 0 spiro atoms. The maximum Gasteiger partial charge on any atom is 0.0234 e. The molecule has 0 aliphatic carbocycles. The van der Waals surface area contributed by atoms with Crippen molar-refractivity contribution in [3.8, 4) is 0 Å². The van der Waals surface area contributed by atoms with E-state index in [0.29, 0.717) is 0 Å². The minimum Gasteiger partial charge on any atom is -0.316 e. The number of nitrogens with zero attached hydrogens (tertiary/aromatic N) is 1. The molecule has 0 heterocycles. The molecule has 130 valence electrons. The topological polar surface area (TPSA) is 15.3 Å². The van der Waals surface area contributed by atoms with Crippen molar-refractivity contribution in [3.05, 3.63) is 78.9 Å². The second-order valence-corrected chi connectivity index (χ2v) is 5.78. The molecule has 2 nitrogen and oxygen atoms in total. The van der Waals surface area contributed by atoms with Crippen molar-refractivity contribution in [2.45, 2.75) is 26.8 Å². The Balaban J connectivity index is 2.76. The molecule has 0 fully saturated rings. The third kappa shape index (κ3) is 7.58. The van der Waals surface area contributed by atoms with Gasteiger partial charge in [-0.15, -0.1) is 0 Å². The van der Waals surface area contributed by atoms with Crippen LogP contribution in [-0.4, -0.2) is 31.1 Å². The predicted octanol–water partition coefficient (Wildman–Crippen LogP) is 4.82. The van der Waals surface area contributed by atoms with E-state index in [-0.39, 0.29) is 0 Å². The molecule has 1 rings (SSSR count). The minimum atomic E-state index is 1.00. The Bertz CT molecular complexity index is 538. The zero-order chi connectivity index (χ0) is 17.6. The number of rotatable bonds is 12. The highest BCUT2D eigenvalue weighted by atomic mass is 15.1. The summed E-state index contributed by atoms with van der Waals surface area (Å²) < 4.78 is 0. The highest BCUT2D eigenvalue weighted by molar-refractivity contribution is 5.75. The van der Waals surface area contributed by atoms with Gasteiger partial charge < -0.3 is 5.32 Å². The van der Waals surface area contributed by atoms with Crippen molar-refractivity contribution in [1.82, 2.24) is 10.2 Å². The van der Waals surface area contributed by atoms with Crippen LogP contribution < -0.4 is 5.32 Å². The van der Waals surface area contributed by atoms with E-state index in [1.54, 1.807) is 6.08 Å². The average molecular weight is 325 g/mol. The molecule has 1 aromatic carbocycles. The quantitative estimate of drug-likeness (QED) is 0.438. The number of allylic oxidation sites excluding steroid dienone is 6. The van der Waals surface area contributed by atoms with Gasteiger partial charge in [-0.2, -0.15) is 0 Å². The molecule has 0 unspecified atom stereocenters. The highest BCUT2D eigenvalue weighted by Crippen LogP contribution is 2.18. The Kier molecular flexibility index (Phi) is 10.5. The van der Waals surface area contributed by atoms with Crippen LogP contribution in [0.15, 0.2) is 67.8 Å². The largest absolute Gasteiger partial charge is 0.316 e. The third-order valence-corrected chi connectivity index (χ3v) is 3.80. The van der Waals surface area contributed by atoms with E-state index in [2.05, 4.69) is 67.6 Å². The lowest BCUT2D eigenvalue weighted by atomic mass is 10.0. The van der Waals surface area contributed by atoms with Gasteiger partial charge in [-0.1, -0.05) is 81.7 Å². The number of likely N-dealkylation sites (N-methyl/N-ethyl adjacent to an activating group) is 1. The van der Waals surface area contributed by atoms with E-state index >= 15 is 0 Å². The molecule has 1 aromatic rings. The first-order valence-corrected chi connectivity index (χ1v) is 8.89. The Morgan fingerprint density at radius 3 is 2.42 bits per heavy atom. The molecular formula is C22H32N2. The molecular weight excluding hydrogens is 292 g/mol. The van der Waals surface area contributed by atoms with Gasteiger partial charge >= 0.3 is 0 Å². The number of hydrogen-bond acceptors (Lipinski definition) is 2. The summed E-state index contributed by atoms with van der Waals surface area (Å²) in [4.78, 5) is 2.51. The van der Waals surface area contributed by atoms with Crippen LogP contribution in [0.1, 0.15) is 31.4 Å². The molecule has 0 radical (unpaired) electrons. The average Bonchev–Trinajstić information content (AvgIpc) is 2.60. The second-order valence-electron chi connectivity index (χ2n) is 5.78. The lowest BCUT2D eigenvalue weighted by Gasteiger charge is -2.22. The van der Waals surface area contributed by atoms with Gasteiger partial charge in [0.1, 0.15) is 0 Å². The lowest BCUT2D eigenvalue weighted by molar-refractivity contribution is 0.266. The van der Waals surface area contributed by atoms with Gasteiger partial charge in [-0.25, -0.2) is 0 Å². The fourth-order valence-corrected chi connectivity index (χ4v) is 2.61. The molecule has 0 atom stereocenters. The van der Waals surface area contributed by atoms with E-state index < -0.39 is 0 Å². The summed E-state index contributed by atoms with van der Waals surface area (Å²) in [5, 5.41) is 3.41. The van der Waals surface area contributed by atoms with E-state index in [0.717, 1.165) is 38.3 Å². The lowest BCUT2D eigenvalue weighted by Crippen LogP contribution is -2.32. The summed E-state index contributed by atoms with van der Waals surface area (Å²) >= 11 is 0. The van der Waals surface area contributed by atoms with Gasteiger partial charge in [0, 0.05) is 19.6 Å². The number of nitrogens with one attached hydrogen (secondary N) is 1. The van der Waals surface area contributed by atoms with Gasteiger partial charge in [0.25, 0.3) is 0 Å². The van der Waals surface area contributed by atoms with Gasteiger partial charge in [0.2, 0.25) is 0 Å². The van der Waals surface area contributed by atoms with Crippen molar-refractivity contribution >= 4 is 5.57 Å². The third-order valence-electron chi connectivity index (χ3n) is 3.80. The van der Waals surface area contributed by atoms with Crippen LogP contribution in [0.4, 0.5) is 0 Å². The first-order valence-electron chi connectivity index (χ1n) is 8.89. The monoisotopic (exact) mass is 324 g/mol. The summed E-state index contributed by atoms with van der Waals surface area (Å²) in [7, 11) is 0. The van der Waals surface area contributed by atoms with Crippen LogP contribution in [-0.2, 0) is 6.54 Å². The summed E-state index contributed by atoms with van der Waals surface area (Å²) in [5.41, 5.74) is 3.70. The Labute approximate surface area is 148 Å². The van der Waals surface area contributed by atoms with Crippen LogP contribution in [0.5, 0.6) is 0 Å². The Hall–Kier alpha value is -1.90. The van der Waals surface area contributed by atoms with E-state index in [1.807, 2.05) is 18.2 Å². The van der Waals surface area contributed by atoms with Crippen molar-refractivity contribution < 1.29 is 0 Å². The van der Waals surface area contributed by atoms with Crippen molar-refractivity contribution in [1.29, 1.82) is 0 Å². The molecule has 0 amide bonds. The Morgan fingerprint density at radius 1 is 1.08 bits per heavy atom. The molecule has 1 N–H and O–H groups in total. The fourth-order valence-electron chi connectivity index (χ4n) is 2.61. The highest BCUT2D eigenvalue weighted by Gasteiger charge is 2.05. The number of benzene rings is 1. The molecule has 0 bridgehead atoms. The van der Waals surface area contributed by atoms with Crippen molar-refractivity contribution in [3.63, 3.8) is 0 Å². The van der Waals surface area contributed by atoms with Crippen LogP contribution >= 0.6 is 0 Å². The first-order chi connectivity index (χ1) is 11.7. The minimum absolute atomic E-state index is 1.00. The second kappa shape index (κ2) is 12.5. The first kappa shape index (κ1) is 20.1. The van der Waals surface area contributed by atoms with Gasteiger partial charge in [-0.3, -0.25) is 4.90 Å². The zero-order valence-corrected chi connectivity index (χ0v) is 15.3. The summed E-state index contributed by atoms with van der Waals surface area (Å²) in [5.74, 6) is 0. The molecule has 0 saturated heterocycles. The number of hydrogen-bond donors (Lipinski definition) is 1. The zero-order valence-electron chi connectivity index (χ0n) is 15.3. The Morgan fingerprint density at radius 2 is 1.83 bits per heavy atom.